The van der Waals surface area contributed by atoms with Gasteiger partial charge < -0.3 is 25.5 Å². The number of carbonyl (C=O) groups excluding carboxylic acids is 2. The second-order valence-corrected chi connectivity index (χ2v) is 6.71. The van der Waals surface area contributed by atoms with Crippen LogP contribution < -0.4 is 10.9 Å². The predicted molar refractivity (Wildman–Crippen MR) is 107 cm³/mol. The smallest absolute Gasteiger partial charge is 0.322 e. The molecule has 0 saturated carbocycles. The Labute approximate surface area is 175 Å². The average Bonchev–Trinajstić information content (AvgIpc) is 2.70. The number of rotatable bonds is 7. The molecule has 0 aliphatic carbocycles. The number of aromatic hydroxyl groups is 2. The quantitative estimate of drug-likeness (QED) is 0.502. The van der Waals surface area contributed by atoms with E-state index in [9.17, 15) is 29.4 Å². The first-order chi connectivity index (χ1) is 14.1. The van der Waals surface area contributed by atoms with Gasteiger partial charge in [0.25, 0.3) is 17.4 Å². The van der Waals surface area contributed by atoms with Gasteiger partial charge in [-0.05, 0) is 18.6 Å². The zero-order valence-electron chi connectivity index (χ0n) is 16.2. The molecular weight excluding hydrogens is 418 g/mol. The maximum Gasteiger partial charge on any atom is 0.322 e. The molecule has 11 heteroatoms. The van der Waals surface area contributed by atoms with Crippen molar-refractivity contribution in [2.75, 3.05) is 20.1 Å². The number of aromatic nitrogens is 1. The Morgan fingerprint density at radius 3 is 2.37 bits per heavy atom. The van der Waals surface area contributed by atoms with Crippen molar-refractivity contribution >= 4 is 29.4 Å². The lowest BCUT2D eigenvalue weighted by Gasteiger charge is -2.20. The summed E-state index contributed by atoms with van der Waals surface area (Å²) in [6.45, 7) is 0.731. The van der Waals surface area contributed by atoms with Crippen LogP contribution in [0.4, 0.5) is 0 Å². The number of carboxylic acids is 1. The van der Waals surface area contributed by atoms with E-state index >= 15 is 0 Å². The summed E-state index contributed by atoms with van der Waals surface area (Å²) in [6, 6.07) is 6.42. The summed E-state index contributed by atoms with van der Waals surface area (Å²) in [5.74, 6) is -5.31. The Kier molecular flexibility index (Phi) is 7.06. The predicted octanol–water partition coefficient (Wildman–Crippen LogP) is 0.867. The van der Waals surface area contributed by atoms with Crippen LogP contribution in [0.3, 0.4) is 0 Å². The number of carboxylic acid groups (broad SMARTS) is 1. The number of nitrogens with zero attached hydrogens (tertiary/aromatic N) is 2. The highest BCUT2D eigenvalue weighted by Gasteiger charge is 2.31. The number of amides is 2. The third-order valence-electron chi connectivity index (χ3n) is 4.36. The highest BCUT2D eigenvalue weighted by atomic mass is 35.5. The number of benzene rings is 1. The molecule has 2 amide bonds. The number of carbonyl (C=O) groups is 3. The molecule has 0 aliphatic heterocycles. The van der Waals surface area contributed by atoms with E-state index in [0.29, 0.717) is 10.1 Å². The molecule has 0 unspecified atom stereocenters. The molecule has 1 aromatic carbocycles. The molecule has 0 fully saturated rings. The molecule has 2 rings (SSSR count). The third kappa shape index (κ3) is 4.54. The van der Waals surface area contributed by atoms with Gasteiger partial charge in [0.2, 0.25) is 5.88 Å². The maximum absolute atomic E-state index is 12.9. The molecule has 0 saturated heterocycles. The Morgan fingerprint density at radius 1 is 1.17 bits per heavy atom. The normalized spacial score (nSPS) is 10.5. The lowest BCUT2D eigenvalue weighted by molar-refractivity contribution is -0.135. The minimum atomic E-state index is -1.37. The molecule has 1 heterocycles. The van der Waals surface area contributed by atoms with Crippen molar-refractivity contribution in [3.63, 3.8) is 0 Å². The molecule has 0 aliphatic rings. The summed E-state index contributed by atoms with van der Waals surface area (Å²) in [6.07, 6.45) is 0. The van der Waals surface area contributed by atoms with Gasteiger partial charge in [-0.1, -0.05) is 29.8 Å². The van der Waals surface area contributed by atoms with Crippen LogP contribution in [0.15, 0.2) is 29.1 Å². The number of hydrogen-bond donors (Lipinski definition) is 4. The highest BCUT2D eigenvalue weighted by Crippen LogP contribution is 2.30. The van der Waals surface area contributed by atoms with Gasteiger partial charge in [-0.3, -0.25) is 23.7 Å². The number of aliphatic carboxylic acids is 1. The molecule has 4 N–H and O–H groups in total. The van der Waals surface area contributed by atoms with Crippen molar-refractivity contribution in [1.82, 2.24) is 14.8 Å². The van der Waals surface area contributed by atoms with Crippen molar-refractivity contribution in [2.24, 2.45) is 0 Å². The second-order valence-electron chi connectivity index (χ2n) is 6.30. The molecule has 2 aromatic rings. The molecule has 0 radical (unpaired) electrons. The fraction of sp³-hybridized carbons (Fsp3) is 0.263. The third-order valence-corrected chi connectivity index (χ3v) is 4.73. The van der Waals surface area contributed by atoms with Gasteiger partial charge in [-0.25, -0.2) is 0 Å². The highest BCUT2D eigenvalue weighted by molar-refractivity contribution is 6.31. The summed E-state index contributed by atoms with van der Waals surface area (Å²) < 4.78 is 0.716. The molecule has 10 nitrogen and oxygen atoms in total. The van der Waals surface area contributed by atoms with Gasteiger partial charge in [0.05, 0.1) is 6.54 Å². The van der Waals surface area contributed by atoms with E-state index in [1.54, 1.807) is 31.2 Å². The van der Waals surface area contributed by atoms with Crippen molar-refractivity contribution in [2.45, 2.75) is 13.5 Å². The molecular formula is C19H20ClN3O7. The lowest BCUT2D eigenvalue weighted by Crippen LogP contribution is -2.37. The summed E-state index contributed by atoms with van der Waals surface area (Å²) in [4.78, 5) is 49.9. The van der Waals surface area contributed by atoms with E-state index < -0.39 is 52.6 Å². The van der Waals surface area contributed by atoms with E-state index in [0.717, 1.165) is 4.90 Å². The van der Waals surface area contributed by atoms with Gasteiger partial charge in [0.1, 0.15) is 17.7 Å². The summed E-state index contributed by atoms with van der Waals surface area (Å²) in [5, 5.41) is 32.1. The van der Waals surface area contributed by atoms with Crippen LogP contribution >= 0.6 is 11.6 Å². The lowest BCUT2D eigenvalue weighted by atomic mass is 10.1. The van der Waals surface area contributed by atoms with Crippen LogP contribution in [0.25, 0.3) is 0 Å². The van der Waals surface area contributed by atoms with E-state index in [2.05, 4.69) is 0 Å². The molecule has 0 spiro atoms. The SMILES string of the molecule is CCN(C)C(=O)c1c(O)c(C(=O)NCC(=O)O)c(=O)n(Cc2ccccc2Cl)c1O. The molecule has 0 atom stereocenters. The minimum Gasteiger partial charge on any atom is -0.506 e. The van der Waals surface area contributed by atoms with Crippen LogP contribution in [-0.4, -0.2) is 62.7 Å². The number of nitrogens with one attached hydrogen (secondary N) is 1. The van der Waals surface area contributed by atoms with Gasteiger partial charge in [-0.2, -0.15) is 0 Å². The van der Waals surface area contributed by atoms with E-state index in [4.69, 9.17) is 16.7 Å². The fourth-order valence-electron chi connectivity index (χ4n) is 2.62. The van der Waals surface area contributed by atoms with Crippen molar-refractivity contribution in [3.8, 4) is 11.6 Å². The second kappa shape index (κ2) is 9.31. The van der Waals surface area contributed by atoms with E-state index in [1.165, 1.54) is 7.05 Å². The first-order valence-corrected chi connectivity index (χ1v) is 9.15. The first kappa shape index (κ1) is 22.8. The first-order valence-electron chi connectivity index (χ1n) is 8.77. The maximum atomic E-state index is 12.9. The van der Waals surface area contributed by atoms with Gasteiger partial charge in [0, 0.05) is 18.6 Å². The fourth-order valence-corrected chi connectivity index (χ4v) is 2.82. The largest absolute Gasteiger partial charge is 0.506 e. The Morgan fingerprint density at radius 2 is 1.80 bits per heavy atom. The van der Waals surface area contributed by atoms with E-state index in [-0.39, 0.29) is 18.1 Å². The Hall–Kier alpha value is -3.53. The summed E-state index contributed by atoms with van der Waals surface area (Å²) >= 11 is 6.11. The number of pyridine rings is 1. The average molecular weight is 438 g/mol. The van der Waals surface area contributed by atoms with Crippen LogP contribution in [0.5, 0.6) is 11.6 Å². The monoisotopic (exact) mass is 437 g/mol. The zero-order chi connectivity index (χ0) is 22.6. The van der Waals surface area contributed by atoms with Crippen molar-refractivity contribution in [3.05, 3.63) is 56.3 Å². The standard InChI is InChI=1S/C19H20ClN3O7/c1-3-22(2)17(28)14-15(26)13(16(27)21-8-12(24)25)18(29)23(19(14)30)9-10-6-4-5-7-11(10)20/h4-7,26,30H,3,8-9H2,1-2H3,(H,21,27)(H,24,25). The number of hydrogen-bond acceptors (Lipinski definition) is 6. The molecule has 1 aromatic heterocycles. The molecule has 30 heavy (non-hydrogen) atoms. The van der Waals surface area contributed by atoms with Gasteiger partial charge in [0.15, 0.2) is 5.75 Å². The number of halogens is 1. The van der Waals surface area contributed by atoms with Crippen LogP contribution in [0.1, 0.15) is 33.2 Å². The van der Waals surface area contributed by atoms with Gasteiger partial charge >= 0.3 is 5.97 Å². The topological polar surface area (TPSA) is 149 Å². The zero-order valence-corrected chi connectivity index (χ0v) is 16.9. The Bertz CT molecular complexity index is 1060. The van der Waals surface area contributed by atoms with Crippen LogP contribution in [0, 0.1) is 0 Å². The minimum absolute atomic E-state index is 0.210. The van der Waals surface area contributed by atoms with Crippen molar-refractivity contribution in [1.29, 1.82) is 0 Å². The molecule has 160 valence electrons. The summed E-state index contributed by atoms with van der Waals surface area (Å²) in [7, 11) is 1.40. The summed E-state index contributed by atoms with van der Waals surface area (Å²) in [5.41, 5.74) is -2.25. The Balaban J connectivity index is 2.74. The van der Waals surface area contributed by atoms with Crippen molar-refractivity contribution < 1.29 is 29.7 Å². The van der Waals surface area contributed by atoms with Crippen LogP contribution in [-0.2, 0) is 11.3 Å². The van der Waals surface area contributed by atoms with E-state index in [1.807, 2.05) is 5.32 Å². The van der Waals surface area contributed by atoms with Crippen LogP contribution in [0.2, 0.25) is 5.02 Å². The molecule has 0 bridgehead atoms. The van der Waals surface area contributed by atoms with Gasteiger partial charge in [-0.15, -0.1) is 0 Å².